The Bertz CT molecular complexity index is 839. The van der Waals surface area contributed by atoms with Gasteiger partial charge in [-0.2, -0.15) is 0 Å². The minimum Gasteiger partial charge on any atom is -0.385 e. The van der Waals surface area contributed by atoms with Crippen molar-refractivity contribution in [2.24, 2.45) is 0 Å². The Hall–Kier alpha value is -2.43. The Morgan fingerprint density at radius 1 is 1.23 bits per heavy atom. The summed E-state index contributed by atoms with van der Waals surface area (Å²) >= 11 is 0. The molecular formula is C17H15F2N3. The standard InChI is InChI=1S/C17H15F2N3/c18-17(19)13-9-14-12(2-1-5-21-14)8-15(13)22-7-4-11-3-6-20-10-16(11)22/h3-4,6-10,17,21H,1-2,5H2. The van der Waals surface area contributed by atoms with Gasteiger partial charge in [-0.05, 0) is 42.7 Å². The summed E-state index contributed by atoms with van der Waals surface area (Å²) in [7, 11) is 0. The van der Waals surface area contributed by atoms with Crippen molar-refractivity contribution in [2.75, 3.05) is 11.9 Å². The van der Waals surface area contributed by atoms with E-state index in [9.17, 15) is 8.78 Å². The predicted molar refractivity (Wildman–Crippen MR) is 82.8 cm³/mol. The van der Waals surface area contributed by atoms with E-state index >= 15 is 0 Å². The van der Waals surface area contributed by atoms with Crippen molar-refractivity contribution in [3.05, 3.63) is 54.0 Å². The molecule has 3 aromatic rings. The average molecular weight is 299 g/mol. The highest BCUT2D eigenvalue weighted by atomic mass is 19.3. The Morgan fingerprint density at radius 2 is 2.14 bits per heavy atom. The number of nitrogens with zero attached hydrogens (tertiary/aromatic N) is 2. The first-order valence-corrected chi connectivity index (χ1v) is 7.34. The summed E-state index contributed by atoms with van der Waals surface area (Å²) < 4.78 is 28.9. The summed E-state index contributed by atoms with van der Waals surface area (Å²) in [6.07, 6.45) is 4.67. The number of fused-ring (bicyclic) bond motifs is 2. The average Bonchev–Trinajstić information content (AvgIpc) is 2.97. The molecule has 2 aromatic heterocycles. The third-order valence-electron chi connectivity index (χ3n) is 4.18. The van der Waals surface area contributed by atoms with E-state index in [-0.39, 0.29) is 5.56 Å². The quantitative estimate of drug-likeness (QED) is 0.763. The maximum atomic E-state index is 13.5. The molecule has 0 radical (unpaired) electrons. The van der Waals surface area contributed by atoms with Gasteiger partial charge in [0.1, 0.15) is 0 Å². The summed E-state index contributed by atoms with van der Waals surface area (Å²) in [5.41, 5.74) is 3.36. The maximum absolute atomic E-state index is 13.5. The molecule has 0 saturated carbocycles. The molecule has 0 fully saturated rings. The lowest BCUT2D eigenvalue weighted by atomic mass is 9.99. The molecule has 1 aliphatic rings. The Balaban J connectivity index is 1.97. The largest absolute Gasteiger partial charge is 0.385 e. The summed E-state index contributed by atoms with van der Waals surface area (Å²) in [6.45, 7) is 0.839. The molecule has 0 bridgehead atoms. The first kappa shape index (κ1) is 13.2. The van der Waals surface area contributed by atoms with Crippen LogP contribution in [0, 0.1) is 0 Å². The van der Waals surface area contributed by atoms with Crippen LogP contribution in [0.2, 0.25) is 0 Å². The second-order valence-electron chi connectivity index (χ2n) is 5.52. The lowest BCUT2D eigenvalue weighted by Crippen LogP contribution is -2.13. The SMILES string of the molecule is FC(F)c1cc2c(cc1-n1ccc3ccncc31)CCCN2. The minimum absolute atomic E-state index is 0.0505. The van der Waals surface area contributed by atoms with E-state index in [1.807, 2.05) is 24.4 Å². The van der Waals surface area contributed by atoms with Crippen LogP contribution in [0.3, 0.4) is 0 Å². The van der Waals surface area contributed by atoms with Gasteiger partial charge >= 0.3 is 0 Å². The van der Waals surface area contributed by atoms with Gasteiger partial charge in [0.25, 0.3) is 6.43 Å². The van der Waals surface area contributed by atoms with E-state index in [4.69, 9.17) is 0 Å². The Morgan fingerprint density at radius 3 is 3.00 bits per heavy atom. The molecule has 0 saturated heterocycles. The molecule has 112 valence electrons. The number of anilines is 1. The van der Waals surface area contributed by atoms with Crippen LogP contribution in [0.1, 0.15) is 24.0 Å². The molecule has 4 rings (SSSR count). The minimum atomic E-state index is -2.52. The van der Waals surface area contributed by atoms with Crippen molar-refractivity contribution < 1.29 is 8.78 Å². The summed E-state index contributed by atoms with van der Waals surface area (Å²) in [5.74, 6) is 0. The Kier molecular flexibility index (Phi) is 3.06. The smallest absolute Gasteiger partial charge is 0.265 e. The first-order chi connectivity index (χ1) is 10.7. The number of nitrogens with one attached hydrogen (secondary N) is 1. The predicted octanol–water partition coefficient (Wildman–Crippen LogP) is 4.32. The lowest BCUT2D eigenvalue weighted by molar-refractivity contribution is 0.151. The second kappa shape index (κ2) is 5.09. The van der Waals surface area contributed by atoms with Crippen LogP contribution < -0.4 is 5.32 Å². The number of alkyl halides is 2. The van der Waals surface area contributed by atoms with E-state index in [1.165, 1.54) is 0 Å². The highest BCUT2D eigenvalue weighted by Gasteiger charge is 2.20. The van der Waals surface area contributed by atoms with Crippen LogP contribution in [0.25, 0.3) is 16.6 Å². The number of aryl methyl sites for hydroxylation is 1. The van der Waals surface area contributed by atoms with Crippen molar-refractivity contribution in [3.8, 4) is 5.69 Å². The fourth-order valence-corrected chi connectivity index (χ4v) is 3.09. The third kappa shape index (κ3) is 2.04. The van der Waals surface area contributed by atoms with E-state index in [2.05, 4.69) is 10.3 Å². The molecule has 1 aromatic carbocycles. The lowest BCUT2D eigenvalue weighted by Gasteiger charge is -2.22. The molecule has 0 aliphatic carbocycles. The van der Waals surface area contributed by atoms with Crippen LogP contribution in [0.4, 0.5) is 14.5 Å². The van der Waals surface area contributed by atoms with Crippen molar-refractivity contribution in [1.29, 1.82) is 0 Å². The number of pyridine rings is 1. The van der Waals surface area contributed by atoms with Gasteiger partial charge in [-0.15, -0.1) is 0 Å². The van der Waals surface area contributed by atoms with Crippen molar-refractivity contribution in [3.63, 3.8) is 0 Å². The topological polar surface area (TPSA) is 29.9 Å². The fraction of sp³-hybridized carbons (Fsp3) is 0.235. The first-order valence-electron chi connectivity index (χ1n) is 7.34. The van der Waals surface area contributed by atoms with E-state index in [1.54, 1.807) is 23.0 Å². The van der Waals surface area contributed by atoms with Crippen LogP contribution >= 0.6 is 0 Å². The second-order valence-corrected chi connectivity index (χ2v) is 5.52. The summed E-state index contributed by atoms with van der Waals surface area (Å²) in [4.78, 5) is 4.11. The molecular weight excluding hydrogens is 284 g/mol. The zero-order valence-corrected chi connectivity index (χ0v) is 11.9. The number of aromatic nitrogens is 2. The van der Waals surface area contributed by atoms with E-state index in [0.717, 1.165) is 41.5 Å². The van der Waals surface area contributed by atoms with Crippen LogP contribution in [0.5, 0.6) is 0 Å². The molecule has 0 amide bonds. The third-order valence-corrected chi connectivity index (χ3v) is 4.18. The molecule has 1 N–H and O–H groups in total. The molecule has 22 heavy (non-hydrogen) atoms. The zero-order chi connectivity index (χ0) is 15.1. The number of halogens is 2. The molecule has 3 heterocycles. The van der Waals surface area contributed by atoms with Gasteiger partial charge < -0.3 is 9.88 Å². The van der Waals surface area contributed by atoms with Crippen molar-refractivity contribution in [2.45, 2.75) is 19.3 Å². The molecule has 0 spiro atoms. The van der Waals surface area contributed by atoms with Crippen molar-refractivity contribution in [1.82, 2.24) is 9.55 Å². The molecule has 1 aliphatic heterocycles. The Labute approximate surface area is 126 Å². The normalized spacial score (nSPS) is 14.1. The van der Waals surface area contributed by atoms with Crippen LogP contribution in [-0.2, 0) is 6.42 Å². The molecule has 0 unspecified atom stereocenters. The highest BCUT2D eigenvalue weighted by molar-refractivity contribution is 5.81. The van der Waals surface area contributed by atoms with Gasteiger partial charge in [-0.3, -0.25) is 4.98 Å². The van der Waals surface area contributed by atoms with Gasteiger partial charge in [0.15, 0.2) is 0 Å². The molecule has 0 atom stereocenters. The van der Waals surface area contributed by atoms with Crippen LogP contribution in [0.15, 0.2) is 42.9 Å². The van der Waals surface area contributed by atoms with E-state index < -0.39 is 6.43 Å². The zero-order valence-electron chi connectivity index (χ0n) is 11.9. The monoisotopic (exact) mass is 299 g/mol. The van der Waals surface area contributed by atoms with Gasteiger partial charge in [0.2, 0.25) is 0 Å². The number of rotatable bonds is 2. The molecule has 3 nitrogen and oxygen atoms in total. The van der Waals surface area contributed by atoms with Gasteiger partial charge in [-0.25, -0.2) is 8.78 Å². The maximum Gasteiger partial charge on any atom is 0.265 e. The fourth-order valence-electron chi connectivity index (χ4n) is 3.09. The van der Waals surface area contributed by atoms with Gasteiger partial charge in [0, 0.05) is 35.6 Å². The summed E-state index contributed by atoms with van der Waals surface area (Å²) in [6, 6.07) is 7.28. The highest BCUT2D eigenvalue weighted by Crippen LogP contribution is 2.35. The van der Waals surface area contributed by atoms with Crippen molar-refractivity contribution >= 4 is 16.6 Å². The summed E-state index contributed by atoms with van der Waals surface area (Å²) in [5, 5.41) is 4.20. The molecule has 5 heteroatoms. The van der Waals surface area contributed by atoms with Crippen LogP contribution in [-0.4, -0.2) is 16.1 Å². The number of benzene rings is 1. The number of hydrogen-bond donors (Lipinski definition) is 1. The van der Waals surface area contributed by atoms with Gasteiger partial charge in [0.05, 0.1) is 17.4 Å². The van der Waals surface area contributed by atoms with Gasteiger partial charge in [-0.1, -0.05) is 0 Å². The number of hydrogen-bond acceptors (Lipinski definition) is 2. The van der Waals surface area contributed by atoms with E-state index in [0.29, 0.717) is 5.69 Å².